The first kappa shape index (κ1) is 20.0. The Morgan fingerprint density at radius 1 is 1.26 bits per heavy atom. The van der Waals surface area contributed by atoms with Crippen molar-refractivity contribution < 1.29 is 24.0 Å². The zero-order chi connectivity index (χ0) is 20.1. The SMILES string of the molecule is CCn1c(C)cc(C(=O)OCC(=O)Nc2cc([N+](=O)[O-])ccc2OC)c1C. The molecule has 1 aromatic carbocycles. The van der Waals surface area contributed by atoms with Gasteiger partial charge in [-0.1, -0.05) is 0 Å². The van der Waals surface area contributed by atoms with Gasteiger partial charge in [-0.2, -0.15) is 0 Å². The number of benzene rings is 1. The number of nitrogens with one attached hydrogen (secondary N) is 1. The van der Waals surface area contributed by atoms with Gasteiger partial charge < -0.3 is 19.4 Å². The molecule has 9 heteroatoms. The molecule has 0 unspecified atom stereocenters. The zero-order valence-electron chi connectivity index (χ0n) is 15.6. The number of anilines is 1. The van der Waals surface area contributed by atoms with Crippen molar-refractivity contribution in [2.45, 2.75) is 27.3 Å². The van der Waals surface area contributed by atoms with Crippen LogP contribution in [0.3, 0.4) is 0 Å². The predicted octanol–water partition coefficient (Wildman–Crippen LogP) is 2.84. The Bertz CT molecular complexity index is 887. The predicted molar refractivity (Wildman–Crippen MR) is 98.1 cm³/mol. The maximum Gasteiger partial charge on any atom is 0.340 e. The van der Waals surface area contributed by atoms with Crippen molar-refractivity contribution >= 4 is 23.3 Å². The minimum Gasteiger partial charge on any atom is -0.495 e. The number of carbonyl (C=O) groups is 2. The van der Waals surface area contributed by atoms with E-state index < -0.39 is 23.4 Å². The van der Waals surface area contributed by atoms with Crippen molar-refractivity contribution in [2.75, 3.05) is 19.0 Å². The molecular weight excluding hydrogens is 354 g/mol. The van der Waals surface area contributed by atoms with E-state index in [1.165, 1.54) is 25.3 Å². The van der Waals surface area contributed by atoms with Crippen LogP contribution in [0.15, 0.2) is 24.3 Å². The highest BCUT2D eigenvalue weighted by atomic mass is 16.6. The number of aryl methyl sites for hydroxylation is 1. The van der Waals surface area contributed by atoms with Crippen molar-refractivity contribution in [1.29, 1.82) is 0 Å². The summed E-state index contributed by atoms with van der Waals surface area (Å²) in [4.78, 5) is 34.6. The minimum atomic E-state index is -0.633. The van der Waals surface area contributed by atoms with Crippen LogP contribution in [0, 0.1) is 24.0 Å². The highest BCUT2D eigenvalue weighted by Gasteiger charge is 2.18. The third-order valence-electron chi connectivity index (χ3n) is 4.11. The van der Waals surface area contributed by atoms with Crippen LogP contribution in [0.2, 0.25) is 0 Å². The number of nitro groups is 1. The molecule has 0 aliphatic carbocycles. The van der Waals surface area contributed by atoms with E-state index >= 15 is 0 Å². The molecule has 144 valence electrons. The summed E-state index contributed by atoms with van der Waals surface area (Å²) in [6.07, 6.45) is 0. The molecule has 0 aliphatic rings. The van der Waals surface area contributed by atoms with Gasteiger partial charge in [-0.25, -0.2) is 4.79 Å². The first-order valence-electron chi connectivity index (χ1n) is 8.24. The summed E-state index contributed by atoms with van der Waals surface area (Å²) >= 11 is 0. The van der Waals surface area contributed by atoms with Gasteiger partial charge in [0.25, 0.3) is 11.6 Å². The Morgan fingerprint density at radius 3 is 2.52 bits per heavy atom. The smallest absolute Gasteiger partial charge is 0.340 e. The molecule has 0 saturated heterocycles. The van der Waals surface area contributed by atoms with E-state index in [2.05, 4.69) is 5.32 Å². The molecular formula is C18H21N3O6. The Morgan fingerprint density at radius 2 is 1.96 bits per heavy atom. The van der Waals surface area contributed by atoms with Crippen LogP contribution < -0.4 is 10.1 Å². The van der Waals surface area contributed by atoms with Crippen molar-refractivity contribution in [3.8, 4) is 5.75 Å². The normalized spacial score (nSPS) is 10.4. The Hall–Kier alpha value is -3.36. The lowest BCUT2D eigenvalue weighted by Gasteiger charge is -2.10. The number of rotatable bonds is 7. The average Bonchev–Trinajstić information content (AvgIpc) is 2.93. The van der Waals surface area contributed by atoms with E-state index in [0.29, 0.717) is 5.56 Å². The molecule has 1 aromatic heterocycles. The van der Waals surface area contributed by atoms with Gasteiger partial charge >= 0.3 is 5.97 Å². The summed E-state index contributed by atoms with van der Waals surface area (Å²) < 4.78 is 12.1. The summed E-state index contributed by atoms with van der Waals surface area (Å²) in [6, 6.07) is 5.52. The standard InChI is InChI=1S/C18H21N3O6/c1-5-20-11(2)8-14(12(20)3)18(23)27-10-17(22)19-15-9-13(21(24)25)6-7-16(15)26-4/h6-9H,5,10H2,1-4H3,(H,19,22). The highest BCUT2D eigenvalue weighted by molar-refractivity contribution is 5.97. The molecule has 0 aliphatic heterocycles. The first-order valence-corrected chi connectivity index (χ1v) is 8.24. The molecule has 27 heavy (non-hydrogen) atoms. The lowest BCUT2D eigenvalue weighted by molar-refractivity contribution is -0.384. The van der Waals surface area contributed by atoms with Gasteiger partial charge in [-0.05, 0) is 32.9 Å². The van der Waals surface area contributed by atoms with Crippen molar-refractivity contribution in [3.63, 3.8) is 0 Å². The van der Waals surface area contributed by atoms with Crippen LogP contribution in [0.1, 0.15) is 28.7 Å². The largest absolute Gasteiger partial charge is 0.495 e. The van der Waals surface area contributed by atoms with E-state index in [1.54, 1.807) is 13.0 Å². The molecule has 1 N–H and O–H groups in total. The fraction of sp³-hybridized carbons (Fsp3) is 0.333. The zero-order valence-corrected chi connectivity index (χ0v) is 15.6. The third-order valence-corrected chi connectivity index (χ3v) is 4.11. The van der Waals surface area contributed by atoms with Gasteiger partial charge in [0.15, 0.2) is 6.61 Å². The number of non-ortho nitro benzene ring substituents is 1. The summed E-state index contributed by atoms with van der Waals surface area (Å²) in [6.45, 7) is 5.85. The maximum atomic E-state index is 12.2. The summed E-state index contributed by atoms with van der Waals surface area (Å²) in [5.74, 6) is -0.984. The number of ether oxygens (including phenoxy) is 2. The van der Waals surface area contributed by atoms with Gasteiger partial charge in [0.2, 0.25) is 0 Å². The monoisotopic (exact) mass is 375 g/mol. The molecule has 0 bridgehead atoms. The number of hydrogen-bond acceptors (Lipinski definition) is 6. The lowest BCUT2D eigenvalue weighted by atomic mass is 10.2. The number of methoxy groups -OCH3 is 1. The minimum absolute atomic E-state index is 0.122. The van der Waals surface area contributed by atoms with Gasteiger partial charge in [0, 0.05) is 30.1 Å². The topological polar surface area (TPSA) is 113 Å². The van der Waals surface area contributed by atoms with E-state index in [9.17, 15) is 19.7 Å². The van der Waals surface area contributed by atoms with E-state index in [4.69, 9.17) is 9.47 Å². The number of aromatic nitrogens is 1. The Kier molecular flexibility index (Phi) is 6.17. The van der Waals surface area contributed by atoms with Gasteiger partial charge in [0.1, 0.15) is 5.75 Å². The summed E-state index contributed by atoms with van der Waals surface area (Å²) in [5, 5.41) is 13.3. The molecule has 2 rings (SSSR count). The van der Waals surface area contributed by atoms with Crippen LogP contribution in [0.4, 0.5) is 11.4 Å². The average molecular weight is 375 g/mol. The number of esters is 1. The van der Waals surface area contributed by atoms with Crippen LogP contribution in [0.5, 0.6) is 5.75 Å². The van der Waals surface area contributed by atoms with E-state index in [-0.39, 0.29) is 17.1 Å². The number of nitro benzene ring substituents is 1. The van der Waals surface area contributed by atoms with Gasteiger partial charge in [-0.15, -0.1) is 0 Å². The van der Waals surface area contributed by atoms with Crippen molar-refractivity contribution in [2.24, 2.45) is 0 Å². The second-order valence-corrected chi connectivity index (χ2v) is 5.80. The number of carbonyl (C=O) groups excluding carboxylic acids is 2. The summed E-state index contributed by atoms with van der Waals surface area (Å²) in [5.41, 5.74) is 2.01. The van der Waals surface area contributed by atoms with Crippen LogP contribution >= 0.6 is 0 Å². The first-order chi connectivity index (χ1) is 12.8. The van der Waals surface area contributed by atoms with Crippen molar-refractivity contribution in [1.82, 2.24) is 4.57 Å². The molecule has 1 amide bonds. The maximum absolute atomic E-state index is 12.2. The number of hydrogen-bond donors (Lipinski definition) is 1. The fourth-order valence-electron chi connectivity index (χ4n) is 2.80. The lowest BCUT2D eigenvalue weighted by Crippen LogP contribution is -2.21. The molecule has 0 radical (unpaired) electrons. The quantitative estimate of drug-likeness (QED) is 0.452. The number of nitrogens with zero attached hydrogens (tertiary/aromatic N) is 2. The second-order valence-electron chi connectivity index (χ2n) is 5.80. The molecule has 9 nitrogen and oxygen atoms in total. The molecule has 2 aromatic rings. The van der Waals surface area contributed by atoms with Crippen LogP contribution in [-0.4, -0.2) is 35.1 Å². The number of amides is 1. The van der Waals surface area contributed by atoms with Gasteiger partial charge in [-0.3, -0.25) is 14.9 Å². The molecule has 0 atom stereocenters. The molecule has 0 fully saturated rings. The Balaban J connectivity index is 2.05. The van der Waals surface area contributed by atoms with E-state index in [1.807, 2.05) is 18.4 Å². The van der Waals surface area contributed by atoms with Crippen molar-refractivity contribution in [3.05, 3.63) is 51.3 Å². The highest BCUT2D eigenvalue weighted by Crippen LogP contribution is 2.28. The summed E-state index contributed by atoms with van der Waals surface area (Å²) in [7, 11) is 1.38. The van der Waals surface area contributed by atoms with Crippen LogP contribution in [-0.2, 0) is 16.1 Å². The molecule has 1 heterocycles. The van der Waals surface area contributed by atoms with E-state index in [0.717, 1.165) is 17.9 Å². The Labute approximate surface area is 156 Å². The third kappa shape index (κ3) is 4.43. The van der Waals surface area contributed by atoms with Crippen LogP contribution in [0.25, 0.3) is 0 Å². The fourth-order valence-corrected chi connectivity index (χ4v) is 2.80. The molecule has 0 spiro atoms. The van der Waals surface area contributed by atoms with Gasteiger partial charge in [0.05, 0.1) is 23.3 Å². The molecule has 0 saturated carbocycles. The second kappa shape index (κ2) is 8.35.